The second-order valence-electron chi connectivity index (χ2n) is 8.35. The monoisotopic (exact) mass is 397 g/mol. The molecule has 4 rings (SSSR count). The molecule has 2 saturated heterocycles. The molecule has 1 aromatic rings. The number of hydrogen-bond donors (Lipinski definition) is 1. The molecule has 154 valence electrons. The molecule has 3 heterocycles. The van der Waals surface area contributed by atoms with E-state index in [1.165, 1.54) is 12.3 Å². The van der Waals surface area contributed by atoms with Gasteiger partial charge < -0.3 is 14.9 Å². The van der Waals surface area contributed by atoms with Crippen molar-refractivity contribution in [3.8, 4) is 0 Å². The van der Waals surface area contributed by atoms with Gasteiger partial charge in [0.15, 0.2) is 0 Å². The van der Waals surface area contributed by atoms with Crippen molar-refractivity contribution in [3.63, 3.8) is 0 Å². The molecule has 1 amide bonds. The highest BCUT2D eigenvalue weighted by Gasteiger charge is 2.50. The zero-order chi connectivity index (χ0) is 19.9. The molecule has 1 spiro atoms. The van der Waals surface area contributed by atoms with Crippen LogP contribution in [0.2, 0.25) is 0 Å². The second-order valence-corrected chi connectivity index (χ2v) is 8.35. The van der Waals surface area contributed by atoms with E-state index in [1.54, 1.807) is 4.90 Å². The Balaban J connectivity index is 1.44. The lowest BCUT2D eigenvalue weighted by molar-refractivity contribution is -0.140. The van der Waals surface area contributed by atoms with E-state index in [4.69, 9.17) is 0 Å². The number of amides is 1. The molecular weight excluding hydrogens is 371 g/mol. The molecule has 1 N–H and O–H groups in total. The summed E-state index contributed by atoms with van der Waals surface area (Å²) in [5, 5.41) is 9.70. The molecule has 2 aliphatic heterocycles. The first-order chi connectivity index (χ1) is 13.3. The van der Waals surface area contributed by atoms with Crippen LogP contribution in [0.1, 0.15) is 50.5 Å². The topological polar surface area (TPSA) is 56.7 Å². The van der Waals surface area contributed by atoms with Gasteiger partial charge in [0.1, 0.15) is 5.82 Å². The summed E-state index contributed by atoms with van der Waals surface area (Å²) < 4.78 is 39.9. The van der Waals surface area contributed by atoms with Crippen LogP contribution >= 0.6 is 0 Å². The van der Waals surface area contributed by atoms with Crippen LogP contribution in [0.25, 0.3) is 0 Å². The highest BCUT2D eigenvalue weighted by Crippen LogP contribution is 2.45. The normalized spacial score (nSPS) is 28.2. The Hall–Kier alpha value is -1.83. The van der Waals surface area contributed by atoms with Crippen molar-refractivity contribution in [3.05, 3.63) is 23.9 Å². The van der Waals surface area contributed by atoms with Gasteiger partial charge in [0.05, 0.1) is 17.1 Å². The number of anilines is 1. The summed E-state index contributed by atoms with van der Waals surface area (Å²) in [6.07, 6.45) is 1.70. The molecule has 5 nitrogen and oxygen atoms in total. The first-order valence-electron chi connectivity index (χ1n) is 10.1. The third-order valence-corrected chi connectivity index (χ3v) is 6.76. The molecule has 0 atom stereocenters. The summed E-state index contributed by atoms with van der Waals surface area (Å²) in [5.74, 6) is 0.124. The van der Waals surface area contributed by atoms with Crippen LogP contribution in [-0.4, -0.2) is 52.7 Å². The maximum atomic E-state index is 13.3. The number of hydrogen-bond acceptors (Lipinski definition) is 4. The Morgan fingerprint density at radius 3 is 2.36 bits per heavy atom. The first-order valence-corrected chi connectivity index (χ1v) is 10.1. The number of carbonyl (C=O) groups is 1. The first kappa shape index (κ1) is 19.5. The quantitative estimate of drug-likeness (QED) is 0.833. The number of piperidine rings is 1. The Kier molecular flexibility index (Phi) is 5.02. The molecule has 3 fully saturated rings. The van der Waals surface area contributed by atoms with Gasteiger partial charge >= 0.3 is 6.18 Å². The van der Waals surface area contributed by atoms with E-state index in [9.17, 15) is 23.1 Å². The molecule has 8 heteroatoms. The molecule has 0 aromatic carbocycles. The van der Waals surface area contributed by atoms with E-state index in [1.807, 2.05) is 4.90 Å². The number of likely N-dealkylation sites (tertiary alicyclic amines) is 1. The number of rotatable bonds is 2. The van der Waals surface area contributed by atoms with Crippen LogP contribution in [0.15, 0.2) is 18.3 Å². The van der Waals surface area contributed by atoms with Gasteiger partial charge in [-0.25, -0.2) is 4.98 Å². The minimum absolute atomic E-state index is 0.0339. The number of aliphatic hydroxyl groups excluding tert-OH is 1. The minimum Gasteiger partial charge on any atom is -0.393 e. The predicted octanol–water partition coefficient (Wildman–Crippen LogP) is 3.22. The van der Waals surface area contributed by atoms with Crippen LogP contribution in [0.5, 0.6) is 0 Å². The molecule has 28 heavy (non-hydrogen) atoms. The third kappa shape index (κ3) is 3.47. The smallest absolute Gasteiger partial charge is 0.393 e. The predicted molar refractivity (Wildman–Crippen MR) is 97.7 cm³/mol. The number of alkyl halides is 3. The van der Waals surface area contributed by atoms with E-state index < -0.39 is 17.2 Å². The lowest BCUT2D eigenvalue weighted by atomic mass is 9.77. The molecule has 3 aliphatic rings. The van der Waals surface area contributed by atoms with Crippen molar-refractivity contribution >= 4 is 11.7 Å². The van der Waals surface area contributed by atoms with Gasteiger partial charge in [0.2, 0.25) is 5.91 Å². The highest BCUT2D eigenvalue weighted by atomic mass is 19.4. The van der Waals surface area contributed by atoms with Gasteiger partial charge in [-0.1, -0.05) is 0 Å². The molecule has 1 saturated carbocycles. The van der Waals surface area contributed by atoms with Crippen LogP contribution in [0.3, 0.4) is 0 Å². The van der Waals surface area contributed by atoms with Crippen molar-refractivity contribution < 1.29 is 23.1 Å². The van der Waals surface area contributed by atoms with Gasteiger partial charge in [0.25, 0.3) is 0 Å². The van der Waals surface area contributed by atoms with Gasteiger partial charge in [-0.15, -0.1) is 0 Å². The zero-order valence-electron chi connectivity index (χ0n) is 15.8. The molecule has 0 radical (unpaired) electrons. The molecule has 0 unspecified atom stereocenters. The Morgan fingerprint density at radius 2 is 1.71 bits per heavy atom. The van der Waals surface area contributed by atoms with E-state index in [0.29, 0.717) is 25.9 Å². The zero-order valence-corrected chi connectivity index (χ0v) is 15.8. The Labute approximate surface area is 162 Å². The fraction of sp³-hybridized carbons (Fsp3) is 0.700. The lowest BCUT2D eigenvalue weighted by Crippen LogP contribution is -2.48. The highest BCUT2D eigenvalue weighted by molar-refractivity contribution is 5.85. The number of pyridine rings is 1. The van der Waals surface area contributed by atoms with E-state index in [0.717, 1.165) is 44.7 Å². The molecule has 1 aliphatic carbocycles. The summed E-state index contributed by atoms with van der Waals surface area (Å²) in [6, 6.07) is 2.56. The third-order valence-electron chi connectivity index (χ3n) is 6.76. The van der Waals surface area contributed by atoms with Gasteiger partial charge in [-0.05, 0) is 57.1 Å². The van der Waals surface area contributed by atoms with Gasteiger partial charge in [-0.2, -0.15) is 13.2 Å². The van der Waals surface area contributed by atoms with Gasteiger partial charge in [0, 0.05) is 31.9 Å². The SMILES string of the molecule is O=C1N([C@H]2CC[C@H](O)CC2)CCC12CCN(c1ncccc1C(F)(F)F)CC2. The minimum atomic E-state index is -4.44. The number of halogens is 3. The van der Waals surface area contributed by atoms with Crippen LogP contribution in [0, 0.1) is 5.41 Å². The average Bonchev–Trinajstić information content (AvgIpc) is 2.99. The molecule has 0 bridgehead atoms. The van der Waals surface area contributed by atoms with Crippen molar-refractivity contribution in [2.24, 2.45) is 5.41 Å². The molecule has 1 aromatic heterocycles. The summed E-state index contributed by atoms with van der Waals surface area (Å²) in [6.45, 7) is 1.53. The van der Waals surface area contributed by atoms with E-state index >= 15 is 0 Å². The van der Waals surface area contributed by atoms with Crippen molar-refractivity contribution in [2.45, 2.75) is 63.3 Å². The van der Waals surface area contributed by atoms with Gasteiger partial charge in [-0.3, -0.25) is 4.79 Å². The number of aromatic nitrogens is 1. The van der Waals surface area contributed by atoms with E-state index in [2.05, 4.69) is 4.98 Å². The van der Waals surface area contributed by atoms with Crippen LogP contribution in [0.4, 0.5) is 19.0 Å². The summed E-state index contributed by atoms with van der Waals surface area (Å²) in [7, 11) is 0. The lowest BCUT2D eigenvalue weighted by Gasteiger charge is -2.40. The Morgan fingerprint density at radius 1 is 1.07 bits per heavy atom. The van der Waals surface area contributed by atoms with Crippen molar-refractivity contribution in [1.82, 2.24) is 9.88 Å². The fourth-order valence-electron chi connectivity index (χ4n) is 5.05. The number of carbonyl (C=O) groups excluding carboxylic acids is 1. The maximum absolute atomic E-state index is 13.3. The average molecular weight is 397 g/mol. The summed E-state index contributed by atoms with van der Waals surface area (Å²) in [4.78, 5) is 20.8. The van der Waals surface area contributed by atoms with Crippen LogP contribution < -0.4 is 4.90 Å². The fourth-order valence-corrected chi connectivity index (χ4v) is 5.05. The maximum Gasteiger partial charge on any atom is 0.419 e. The van der Waals surface area contributed by atoms with Crippen molar-refractivity contribution in [2.75, 3.05) is 24.5 Å². The largest absolute Gasteiger partial charge is 0.419 e. The number of aliphatic hydroxyl groups is 1. The van der Waals surface area contributed by atoms with E-state index in [-0.39, 0.29) is 23.9 Å². The summed E-state index contributed by atoms with van der Waals surface area (Å²) >= 11 is 0. The standard InChI is InChI=1S/C20H26F3N3O2/c21-20(22,23)16-2-1-10-24-17(16)25-11-7-19(8-12-25)9-13-26(18(19)28)14-3-5-15(27)6-4-14/h1-2,10,14-15,27H,3-9,11-13H2/t14-,15-. The second kappa shape index (κ2) is 7.21. The number of nitrogens with zero attached hydrogens (tertiary/aromatic N) is 3. The Bertz CT molecular complexity index is 724. The van der Waals surface area contributed by atoms with Crippen molar-refractivity contribution in [1.29, 1.82) is 0 Å². The molecular formula is C20H26F3N3O2. The summed E-state index contributed by atoms with van der Waals surface area (Å²) in [5.41, 5.74) is -1.16. The van der Waals surface area contributed by atoms with Crippen LogP contribution in [-0.2, 0) is 11.0 Å².